The maximum Gasteiger partial charge on any atom is 0.406 e. The van der Waals surface area contributed by atoms with Crippen molar-refractivity contribution in [2.45, 2.75) is 12.6 Å². The number of alkyl halides is 3. The van der Waals surface area contributed by atoms with Crippen LogP contribution in [0.4, 0.5) is 13.2 Å². The van der Waals surface area contributed by atoms with Crippen LogP contribution in [0.3, 0.4) is 0 Å². The molecule has 0 aliphatic heterocycles. The molecule has 0 radical (unpaired) electrons. The molecule has 0 saturated heterocycles. The van der Waals surface area contributed by atoms with Crippen molar-refractivity contribution in [1.82, 2.24) is 0 Å². The van der Waals surface area contributed by atoms with E-state index in [-0.39, 0.29) is 6.42 Å². The van der Waals surface area contributed by atoms with Crippen molar-refractivity contribution in [2.75, 3.05) is 0 Å². The van der Waals surface area contributed by atoms with Crippen molar-refractivity contribution in [1.29, 1.82) is 0 Å². The number of allylic oxidation sites excluding steroid dienone is 1. The van der Waals surface area contributed by atoms with Crippen LogP contribution < -0.4 is 5.73 Å². The van der Waals surface area contributed by atoms with Crippen LogP contribution >= 0.6 is 0 Å². The number of hydrogen-bond donors (Lipinski definition) is 1. The van der Waals surface area contributed by atoms with Crippen LogP contribution in [-0.2, 0) is 4.79 Å². The molecule has 62 valence electrons. The summed E-state index contributed by atoms with van der Waals surface area (Å²) in [6, 6.07) is 0. The van der Waals surface area contributed by atoms with Gasteiger partial charge in [0.1, 0.15) is 0 Å². The lowest BCUT2D eigenvalue weighted by Gasteiger charge is -2.33. The van der Waals surface area contributed by atoms with Gasteiger partial charge in [0.2, 0.25) is 5.91 Å². The Bertz CT molecular complexity index is 220. The first kappa shape index (κ1) is 8.10. The van der Waals surface area contributed by atoms with Gasteiger partial charge in [-0.2, -0.15) is 13.2 Å². The van der Waals surface area contributed by atoms with Gasteiger partial charge < -0.3 is 5.73 Å². The summed E-state index contributed by atoms with van der Waals surface area (Å²) < 4.78 is 36.2. The third kappa shape index (κ3) is 0.911. The monoisotopic (exact) mass is 165 g/mol. The summed E-state index contributed by atoms with van der Waals surface area (Å²) >= 11 is 0. The average Bonchev–Trinajstić information content (AvgIpc) is 1.52. The van der Waals surface area contributed by atoms with Gasteiger partial charge in [0, 0.05) is 0 Å². The SMILES string of the molecule is NC(=O)C1(C(F)(F)F)C=CC1. The lowest BCUT2D eigenvalue weighted by Crippen LogP contribution is -2.50. The quantitative estimate of drug-likeness (QED) is 0.578. The van der Waals surface area contributed by atoms with E-state index in [2.05, 4.69) is 5.73 Å². The lowest BCUT2D eigenvalue weighted by molar-refractivity contribution is -0.209. The third-order valence-corrected chi connectivity index (χ3v) is 1.79. The smallest absolute Gasteiger partial charge is 0.369 e. The number of amides is 1. The first-order valence-corrected chi connectivity index (χ1v) is 2.94. The van der Waals surface area contributed by atoms with E-state index in [0.717, 1.165) is 6.08 Å². The molecule has 2 N–H and O–H groups in total. The highest BCUT2D eigenvalue weighted by Crippen LogP contribution is 2.47. The molecule has 1 atom stereocenters. The Morgan fingerprint density at radius 1 is 1.55 bits per heavy atom. The fourth-order valence-corrected chi connectivity index (χ4v) is 0.886. The molecule has 0 aromatic carbocycles. The van der Waals surface area contributed by atoms with Crippen molar-refractivity contribution >= 4 is 5.91 Å². The van der Waals surface area contributed by atoms with Crippen LogP contribution in [0.5, 0.6) is 0 Å². The van der Waals surface area contributed by atoms with Gasteiger partial charge in [-0.25, -0.2) is 0 Å². The van der Waals surface area contributed by atoms with Crippen molar-refractivity contribution in [2.24, 2.45) is 11.1 Å². The van der Waals surface area contributed by atoms with Crippen LogP contribution in [0.2, 0.25) is 0 Å². The number of rotatable bonds is 1. The van der Waals surface area contributed by atoms with Gasteiger partial charge >= 0.3 is 6.18 Å². The molecule has 0 aromatic heterocycles. The zero-order valence-corrected chi connectivity index (χ0v) is 5.48. The lowest BCUT2D eigenvalue weighted by atomic mass is 9.75. The van der Waals surface area contributed by atoms with Crippen LogP contribution in [0.25, 0.3) is 0 Å². The van der Waals surface area contributed by atoms with Gasteiger partial charge in [0.25, 0.3) is 0 Å². The fraction of sp³-hybridized carbons (Fsp3) is 0.500. The Morgan fingerprint density at radius 2 is 2.00 bits per heavy atom. The summed E-state index contributed by atoms with van der Waals surface area (Å²) in [4.78, 5) is 10.4. The Hall–Kier alpha value is -1.00. The highest BCUT2D eigenvalue weighted by atomic mass is 19.4. The standard InChI is InChI=1S/C6H6F3NO/c7-6(8,9)5(4(10)11)2-1-3-5/h1-2H,3H2,(H2,10,11). The Labute approximate surface area is 60.9 Å². The minimum Gasteiger partial charge on any atom is -0.369 e. The van der Waals surface area contributed by atoms with Gasteiger partial charge in [0.05, 0.1) is 0 Å². The molecule has 0 heterocycles. The molecule has 0 bridgehead atoms. The van der Waals surface area contributed by atoms with E-state index in [4.69, 9.17) is 0 Å². The molecular weight excluding hydrogens is 159 g/mol. The molecule has 0 spiro atoms. The van der Waals surface area contributed by atoms with E-state index in [0.29, 0.717) is 0 Å². The first-order chi connectivity index (χ1) is 4.90. The van der Waals surface area contributed by atoms with Gasteiger partial charge in [-0.05, 0) is 6.42 Å². The first-order valence-electron chi connectivity index (χ1n) is 2.94. The van der Waals surface area contributed by atoms with E-state index in [1.807, 2.05) is 0 Å². The highest BCUT2D eigenvalue weighted by molar-refractivity contribution is 5.85. The minimum absolute atomic E-state index is 0.328. The maximum atomic E-state index is 12.1. The van der Waals surface area contributed by atoms with E-state index in [9.17, 15) is 18.0 Å². The summed E-state index contributed by atoms with van der Waals surface area (Å²) in [5.41, 5.74) is 2.23. The number of primary amides is 1. The summed E-state index contributed by atoms with van der Waals surface area (Å²) in [7, 11) is 0. The van der Waals surface area contributed by atoms with Crippen LogP contribution in [-0.4, -0.2) is 12.1 Å². The summed E-state index contributed by atoms with van der Waals surface area (Å²) in [6.07, 6.45) is -2.80. The number of hydrogen-bond acceptors (Lipinski definition) is 1. The summed E-state index contributed by atoms with van der Waals surface area (Å²) in [6.45, 7) is 0. The molecule has 0 aromatic rings. The topological polar surface area (TPSA) is 43.1 Å². The van der Waals surface area contributed by atoms with Crippen molar-refractivity contribution in [3.8, 4) is 0 Å². The van der Waals surface area contributed by atoms with Crippen LogP contribution in [0, 0.1) is 5.41 Å². The van der Waals surface area contributed by atoms with Crippen LogP contribution in [0.1, 0.15) is 6.42 Å². The number of carbonyl (C=O) groups excluding carboxylic acids is 1. The largest absolute Gasteiger partial charge is 0.406 e. The molecule has 1 rings (SSSR count). The highest BCUT2D eigenvalue weighted by Gasteiger charge is 2.59. The van der Waals surface area contributed by atoms with Gasteiger partial charge in [0.15, 0.2) is 5.41 Å². The Morgan fingerprint density at radius 3 is 2.00 bits per heavy atom. The maximum absolute atomic E-state index is 12.1. The van der Waals surface area contributed by atoms with E-state index in [1.54, 1.807) is 0 Å². The molecule has 1 aliphatic rings. The minimum atomic E-state index is -4.55. The van der Waals surface area contributed by atoms with E-state index < -0.39 is 17.5 Å². The summed E-state index contributed by atoms with van der Waals surface area (Å²) in [5.74, 6) is -1.33. The fourth-order valence-electron chi connectivity index (χ4n) is 0.886. The third-order valence-electron chi connectivity index (χ3n) is 1.79. The molecule has 0 fully saturated rings. The number of carbonyl (C=O) groups is 1. The molecule has 1 amide bonds. The van der Waals surface area contributed by atoms with Gasteiger partial charge in [-0.15, -0.1) is 0 Å². The second-order valence-corrected chi connectivity index (χ2v) is 2.44. The van der Waals surface area contributed by atoms with E-state index >= 15 is 0 Å². The second-order valence-electron chi connectivity index (χ2n) is 2.44. The number of halogens is 3. The van der Waals surface area contributed by atoms with Gasteiger partial charge in [-0.1, -0.05) is 12.2 Å². The van der Waals surface area contributed by atoms with Crippen molar-refractivity contribution in [3.05, 3.63) is 12.2 Å². The zero-order chi connectivity index (χ0) is 8.70. The zero-order valence-electron chi connectivity index (χ0n) is 5.48. The van der Waals surface area contributed by atoms with E-state index in [1.165, 1.54) is 6.08 Å². The molecule has 1 aliphatic carbocycles. The van der Waals surface area contributed by atoms with Gasteiger partial charge in [-0.3, -0.25) is 4.79 Å². The van der Waals surface area contributed by atoms with Crippen molar-refractivity contribution in [3.63, 3.8) is 0 Å². The molecule has 11 heavy (non-hydrogen) atoms. The normalized spacial score (nSPS) is 29.7. The average molecular weight is 165 g/mol. The molecule has 2 nitrogen and oxygen atoms in total. The Balaban J connectivity index is 2.96. The Kier molecular flexibility index (Phi) is 1.47. The van der Waals surface area contributed by atoms with Crippen LogP contribution in [0.15, 0.2) is 12.2 Å². The number of nitrogens with two attached hydrogens (primary N) is 1. The molecule has 1 unspecified atom stereocenters. The molecular formula is C6H6F3NO. The molecule has 0 saturated carbocycles. The molecule has 5 heteroatoms. The summed E-state index contributed by atoms with van der Waals surface area (Å²) in [5, 5.41) is 0. The predicted molar refractivity (Wildman–Crippen MR) is 31.4 cm³/mol. The van der Waals surface area contributed by atoms with Crippen molar-refractivity contribution < 1.29 is 18.0 Å². The predicted octanol–water partition coefficient (Wildman–Crippen LogP) is 0.980. The second kappa shape index (κ2) is 1.99.